The van der Waals surface area contributed by atoms with Crippen LogP contribution < -0.4 is 5.73 Å². The zero-order valence-corrected chi connectivity index (χ0v) is 14.0. The molecule has 3 rings (SSSR count). The molecule has 0 aliphatic carbocycles. The summed E-state index contributed by atoms with van der Waals surface area (Å²) in [6.45, 7) is 1.88. The molecule has 3 N–H and O–H groups in total. The second-order valence-corrected chi connectivity index (χ2v) is 5.51. The van der Waals surface area contributed by atoms with Gasteiger partial charge in [0, 0.05) is 12.4 Å². The third-order valence-electron chi connectivity index (χ3n) is 3.05. The SMILES string of the molecule is CC(N)c1nc2ncccc2n1-c1ccc(Cl)cn1.O=C(O)C(F)(F)F. The maximum Gasteiger partial charge on any atom is 0.490 e. The van der Waals surface area contributed by atoms with Crippen molar-refractivity contribution in [2.75, 3.05) is 0 Å². The number of hydrogen-bond donors (Lipinski definition) is 2. The maximum atomic E-state index is 10.6. The summed E-state index contributed by atoms with van der Waals surface area (Å²) in [4.78, 5) is 21.9. The first-order chi connectivity index (χ1) is 12.1. The van der Waals surface area contributed by atoms with Crippen LogP contribution in [0.25, 0.3) is 17.0 Å². The van der Waals surface area contributed by atoms with Crippen molar-refractivity contribution in [3.05, 3.63) is 47.5 Å². The van der Waals surface area contributed by atoms with Gasteiger partial charge in [-0.15, -0.1) is 0 Å². The van der Waals surface area contributed by atoms with Crippen LogP contribution in [-0.4, -0.2) is 36.8 Å². The Morgan fingerprint density at radius 3 is 2.46 bits per heavy atom. The molecular formula is C15H13ClF3N5O2. The number of alkyl halides is 3. The highest BCUT2D eigenvalue weighted by Crippen LogP contribution is 2.22. The van der Waals surface area contributed by atoms with Crippen LogP contribution in [0.4, 0.5) is 13.2 Å². The van der Waals surface area contributed by atoms with Gasteiger partial charge in [-0.05, 0) is 31.2 Å². The first-order valence-electron chi connectivity index (χ1n) is 7.12. The van der Waals surface area contributed by atoms with Crippen LogP contribution in [0.15, 0.2) is 36.7 Å². The molecule has 0 spiro atoms. The summed E-state index contributed by atoms with van der Waals surface area (Å²) >= 11 is 5.87. The highest BCUT2D eigenvalue weighted by Gasteiger charge is 2.38. The van der Waals surface area contributed by atoms with E-state index in [0.29, 0.717) is 10.7 Å². The van der Waals surface area contributed by atoms with Crippen LogP contribution in [0.3, 0.4) is 0 Å². The number of fused-ring (bicyclic) bond motifs is 1. The smallest absolute Gasteiger partial charge is 0.475 e. The Hall–Kier alpha value is -2.72. The Kier molecular flexibility index (Phi) is 5.78. The summed E-state index contributed by atoms with van der Waals surface area (Å²) in [5.41, 5.74) is 7.52. The molecule has 3 aromatic heterocycles. The second-order valence-electron chi connectivity index (χ2n) is 5.08. The Balaban J connectivity index is 0.000000298. The Morgan fingerprint density at radius 2 is 1.96 bits per heavy atom. The number of nitrogens with zero attached hydrogens (tertiary/aromatic N) is 4. The van der Waals surface area contributed by atoms with E-state index in [0.717, 1.165) is 17.2 Å². The number of hydrogen-bond acceptors (Lipinski definition) is 5. The number of rotatable bonds is 2. The van der Waals surface area contributed by atoms with E-state index in [4.69, 9.17) is 27.2 Å². The van der Waals surface area contributed by atoms with Crippen LogP contribution in [0.2, 0.25) is 5.02 Å². The molecule has 7 nitrogen and oxygen atoms in total. The molecule has 0 fully saturated rings. The molecule has 138 valence electrons. The summed E-state index contributed by atoms with van der Waals surface area (Å²) in [5, 5.41) is 7.72. The van der Waals surface area contributed by atoms with E-state index in [1.165, 1.54) is 0 Å². The summed E-state index contributed by atoms with van der Waals surface area (Å²) in [6.07, 6.45) is -1.77. The molecular weight excluding hydrogens is 375 g/mol. The fraction of sp³-hybridized carbons (Fsp3) is 0.200. The largest absolute Gasteiger partial charge is 0.490 e. The first kappa shape index (κ1) is 19.6. The summed E-state index contributed by atoms with van der Waals surface area (Å²) in [6, 6.07) is 7.21. The number of aliphatic carboxylic acids is 1. The van der Waals surface area contributed by atoms with Crippen LogP contribution in [0.5, 0.6) is 0 Å². The Bertz CT molecular complexity index is 910. The fourth-order valence-corrected chi connectivity index (χ4v) is 2.09. The van der Waals surface area contributed by atoms with Crippen molar-refractivity contribution < 1.29 is 23.1 Å². The fourth-order valence-electron chi connectivity index (χ4n) is 1.98. The summed E-state index contributed by atoms with van der Waals surface area (Å²) < 4.78 is 33.6. The zero-order chi connectivity index (χ0) is 19.5. The summed E-state index contributed by atoms with van der Waals surface area (Å²) in [7, 11) is 0. The van der Waals surface area contributed by atoms with Gasteiger partial charge in [0.2, 0.25) is 0 Å². The monoisotopic (exact) mass is 387 g/mol. The van der Waals surface area contributed by atoms with Crippen molar-refractivity contribution in [2.45, 2.75) is 19.1 Å². The molecule has 26 heavy (non-hydrogen) atoms. The first-order valence-corrected chi connectivity index (χ1v) is 7.50. The molecule has 0 amide bonds. The molecule has 0 aromatic carbocycles. The average molecular weight is 388 g/mol. The maximum absolute atomic E-state index is 10.6. The van der Waals surface area contributed by atoms with E-state index in [-0.39, 0.29) is 6.04 Å². The zero-order valence-electron chi connectivity index (χ0n) is 13.3. The molecule has 0 saturated carbocycles. The molecule has 11 heteroatoms. The predicted octanol–water partition coefficient (Wildman–Crippen LogP) is 3.12. The molecule has 0 saturated heterocycles. The predicted molar refractivity (Wildman–Crippen MR) is 88.0 cm³/mol. The van der Waals surface area contributed by atoms with E-state index in [1.807, 2.05) is 29.7 Å². The number of imidazole rings is 1. The minimum atomic E-state index is -5.08. The topological polar surface area (TPSA) is 107 Å². The molecule has 0 aliphatic heterocycles. The van der Waals surface area contributed by atoms with Crippen LogP contribution in [-0.2, 0) is 4.79 Å². The number of pyridine rings is 2. The number of carboxylic acids is 1. The van der Waals surface area contributed by atoms with Crippen molar-refractivity contribution in [1.82, 2.24) is 19.5 Å². The van der Waals surface area contributed by atoms with Gasteiger partial charge < -0.3 is 10.8 Å². The number of nitrogens with two attached hydrogens (primary N) is 1. The van der Waals surface area contributed by atoms with Gasteiger partial charge in [-0.3, -0.25) is 4.57 Å². The molecule has 1 atom stereocenters. The van der Waals surface area contributed by atoms with Gasteiger partial charge in [0.25, 0.3) is 0 Å². The number of carboxylic acid groups (broad SMARTS) is 1. The van der Waals surface area contributed by atoms with Crippen LogP contribution in [0, 0.1) is 0 Å². The van der Waals surface area contributed by atoms with Gasteiger partial charge in [-0.25, -0.2) is 19.7 Å². The van der Waals surface area contributed by atoms with E-state index >= 15 is 0 Å². The number of halogens is 4. The highest BCUT2D eigenvalue weighted by molar-refractivity contribution is 6.30. The van der Waals surface area contributed by atoms with Gasteiger partial charge >= 0.3 is 12.1 Å². The Morgan fingerprint density at radius 1 is 1.31 bits per heavy atom. The van der Waals surface area contributed by atoms with Crippen molar-refractivity contribution in [3.8, 4) is 5.82 Å². The second kappa shape index (κ2) is 7.67. The third-order valence-corrected chi connectivity index (χ3v) is 3.27. The van der Waals surface area contributed by atoms with Crippen molar-refractivity contribution in [1.29, 1.82) is 0 Å². The van der Waals surface area contributed by atoms with Gasteiger partial charge in [-0.2, -0.15) is 13.2 Å². The molecule has 3 heterocycles. The lowest BCUT2D eigenvalue weighted by Gasteiger charge is -2.10. The normalized spacial score (nSPS) is 12.4. The van der Waals surface area contributed by atoms with Crippen molar-refractivity contribution >= 4 is 28.7 Å². The van der Waals surface area contributed by atoms with Crippen molar-refractivity contribution in [3.63, 3.8) is 0 Å². The van der Waals surface area contributed by atoms with Gasteiger partial charge in [0.15, 0.2) is 5.65 Å². The highest BCUT2D eigenvalue weighted by atomic mass is 35.5. The Labute approximate surface area is 150 Å². The van der Waals surface area contributed by atoms with E-state index in [9.17, 15) is 13.2 Å². The molecule has 0 bridgehead atoms. The van der Waals surface area contributed by atoms with E-state index in [2.05, 4.69) is 15.0 Å². The lowest BCUT2D eigenvalue weighted by Crippen LogP contribution is -2.21. The lowest BCUT2D eigenvalue weighted by atomic mass is 10.3. The van der Waals surface area contributed by atoms with Gasteiger partial charge in [0.1, 0.15) is 11.6 Å². The number of aromatic nitrogens is 4. The standard InChI is InChI=1S/C13H12ClN5.C2HF3O2/c1-8(15)13-18-12-10(3-2-6-16-12)19(13)11-5-4-9(14)7-17-11;3-2(4,5)1(6)7/h2-8H,15H2,1H3;(H,6,7). The average Bonchev–Trinajstić information content (AvgIpc) is 2.95. The van der Waals surface area contributed by atoms with Crippen molar-refractivity contribution in [2.24, 2.45) is 5.73 Å². The summed E-state index contributed by atoms with van der Waals surface area (Å²) in [5.74, 6) is -1.30. The number of carbonyl (C=O) groups is 1. The van der Waals surface area contributed by atoms with Gasteiger partial charge in [-0.1, -0.05) is 11.6 Å². The lowest BCUT2D eigenvalue weighted by molar-refractivity contribution is -0.192. The molecule has 1 unspecified atom stereocenters. The molecule has 0 radical (unpaired) electrons. The van der Waals surface area contributed by atoms with E-state index < -0.39 is 12.1 Å². The van der Waals surface area contributed by atoms with Gasteiger partial charge in [0.05, 0.1) is 16.6 Å². The van der Waals surface area contributed by atoms with E-state index in [1.54, 1.807) is 18.5 Å². The minimum absolute atomic E-state index is 0.216. The molecule has 0 aliphatic rings. The third kappa shape index (κ3) is 4.46. The van der Waals surface area contributed by atoms with Crippen LogP contribution >= 0.6 is 11.6 Å². The van der Waals surface area contributed by atoms with Crippen LogP contribution in [0.1, 0.15) is 18.8 Å². The minimum Gasteiger partial charge on any atom is -0.475 e. The molecule has 3 aromatic rings. The quantitative estimate of drug-likeness (QED) is 0.699.